The number of benzene rings is 1. The van der Waals surface area contributed by atoms with Crippen LogP contribution in [0.4, 0.5) is 0 Å². The quantitative estimate of drug-likeness (QED) is 0.670. The molecule has 21 heavy (non-hydrogen) atoms. The summed E-state index contributed by atoms with van der Waals surface area (Å²) in [6, 6.07) is 10.0. The average molecular weight is 281 g/mol. The second-order valence-electron chi connectivity index (χ2n) is 5.51. The lowest BCUT2D eigenvalue weighted by atomic mass is 10.1. The van der Waals surface area contributed by atoms with Crippen LogP contribution in [-0.2, 0) is 0 Å². The van der Waals surface area contributed by atoms with E-state index in [4.69, 9.17) is 4.74 Å². The summed E-state index contributed by atoms with van der Waals surface area (Å²) in [5.74, 6) is 0.849. The first-order valence-electron chi connectivity index (χ1n) is 7.42. The van der Waals surface area contributed by atoms with E-state index >= 15 is 0 Å². The maximum Gasteiger partial charge on any atom is 0.145 e. The molecule has 110 valence electrons. The molecule has 0 aliphatic rings. The van der Waals surface area contributed by atoms with Crippen molar-refractivity contribution in [1.82, 2.24) is 4.98 Å². The number of hydrogen-bond acceptors (Lipinski definition) is 2. The predicted octanol–water partition coefficient (Wildman–Crippen LogP) is 5.31. The number of pyridine rings is 1. The summed E-state index contributed by atoms with van der Waals surface area (Å²) >= 11 is 0. The predicted molar refractivity (Wildman–Crippen MR) is 89.7 cm³/mol. The van der Waals surface area contributed by atoms with E-state index in [9.17, 15) is 0 Å². The molecule has 0 atom stereocenters. The van der Waals surface area contributed by atoms with E-state index in [-0.39, 0.29) is 0 Å². The molecule has 0 unspecified atom stereocenters. The number of aromatic nitrogens is 1. The van der Waals surface area contributed by atoms with Crippen LogP contribution in [0.25, 0.3) is 10.9 Å². The Balaban J connectivity index is 1.94. The van der Waals surface area contributed by atoms with Crippen molar-refractivity contribution in [1.29, 1.82) is 0 Å². The molecule has 0 N–H and O–H groups in total. The summed E-state index contributed by atoms with van der Waals surface area (Å²) in [5.41, 5.74) is 3.66. The van der Waals surface area contributed by atoms with Crippen LogP contribution in [0.3, 0.4) is 0 Å². The molecule has 2 rings (SSSR count). The SMILES string of the molecule is CC(C)=CCCC(C)=CCOc1cccc2cccnc12. The van der Waals surface area contributed by atoms with Crippen molar-refractivity contribution in [2.24, 2.45) is 0 Å². The molecular weight excluding hydrogens is 258 g/mol. The second kappa shape index (κ2) is 7.63. The van der Waals surface area contributed by atoms with Crippen molar-refractivity contribution in [2.75, 3.05) is 6.61 Å². The lowest BCUT2D eigenvalue weighted by Gasteiger charge is -2.07. The molecule has 2 aromatic rings. The third-order valence-corrected chi connectivity index (χ3v) is 3.36. The highest BCUT2D eigenvalue weighted by Gasteiger charge is 2.01. The molecule has 2 nitrogen and oxygen atoms in total. The van der Waals surface area contributed by atoms with Crippen molar-refractivity contribution in [3.63, 3.8) is 0 Å². The first-order valence-corrected chi connectivity index (χ1v) is 7.42. The number of fused-ring (bicyclic) bond motifs is 1. The first kappa shape index (κ1) is 15.3. The zero-order chi connectivity index (χ0) is 15.1. The van der Waals surface area contributed by atoms with Gasteiger partial charge in [-0.2, -0.15) is 0 Å². The Morgan fingerprint density at radius 2 is 1.90 bits per heavy atom. The van der Waals surface area contributed by atoms with Crippen molar-refractivity contribution >= 4 is 10.9 Å². The summed E-state index contributed by atoms with van der Waals surface area (Å²) in [5, 5.41) is 1.11. The summed E-state index contributed by atoms with van der Waals surface area (Å²) in [7, 11) is 0. The third kappa shape index (κ3) is 4.75. The monoisotopic (exact) mass is 281 g/mol. The lowest BCUT2D eigenvalue weighted by Crippen LogP contribution is -1.96. The third-order valence-electron chi connectivity index (χ3n) is 3.36. The summed E-state index contributed by atoms with van der Waals surface area (Å²) in [4.78, 5) is 4.39. The fourth-order valence-corrected chi connectivity index (χ4v) is 2.16. The molecule has 1 aromatic carbocycles. The average Bonchev–Trinajstić information content (AvgIpc) is 2.47. The Bertz CT molecular complexity index is 646. The van der Waals surface area contributed by atoms with Gasteiger partial charge < -0.3 is 4.74 Å². The van der Waals surface area contributed by atoms with E-state index in [0.717, 1.165) is 29.5 Å². The molecule has 1 aromatic heterocycles. The van der Waals surface area contributed by atoms with Gasteiger partial charge in [0.2, 0.25) is 0 Å². The maximum absolute atomic E-state index is 5.86. The number of nitrogens with zero attached hydrogens (tertiary/aromatic N) is 1. The molecule has 0 saturated carbocycles. The molecule has 0 radical (unpaired) electrons. The van der Waals surface area contributed by atoms with Crippen molar-refractivity contribution < 1.29 is 4.74 Å². The molecule has 0 saturated heterocycles. The summed E-state index contributed by atoms with van der Waals surface area (Å²) in [6.07, 6.45) is 8.41. The molecular formula is C19H23NO. The molecule has 0 aliphatic heterocycles. The van der Waals surface area contributed by atoms with Gasteiger partial charge in [0.1, 0.15) is 17.9 Å². The zero-order valence-corrected chi connectivity index (χ0v) is 13.1. The normalized spacial score (nSPS) is 11.5. The number of allylic oxidation sites excluding steroid dienone is 3. The minimum Gasteiger partial charge on any atom is -0.487 e. The Morgan fingerprint density at radius 3 is 2.71 bits per heavy atom. The van der Waals surface area contributed by atoms with Gasteiger partial charge in [-0.25, -0.2) is 0 Å². The molecule has 0 aliphatic carbocycles. The lowest BCUT2D eigenvalue weighted by molar-refractivity contribution is 0.365. The fraction of sp³-hybridized carbons (Fsp3) is 0.316. The number of hydrogen-bond donors (Lipinski definition) is 0. The van der Waals surface area contributed by atoms with Crippen LogP contribution in [0.1, 0.15) is 33.6 Å². The summed E-state index contributed by atoms with van der Waals surface area (Å²) < 4.78 is 5.86. The van der Waals surface area contributed by atoms with Crippen LogP contribution in [0, 0.1) is 0 Å². The zero-order valence-electron chi connectivity index (χ0n) is 13.1. The van der Waals surface area contributed by atoms with Gasteiger partial charge >= 0.3 is 0 Å². The van der Waals surface area contributed by atoms with Gasteiger partial charge in [-0.05, 0) is 51.8 Å². The standard InChI is InChI=1S/C19H23NO/c1-15(2)7-4-8-16(3)12-14-21-18-11-5-9-17-10-6-13-20-19(17)18/h5-7,9-13H,4,8,14H2,1-3H3. The van der Waals surface area contributed by atoms with E-state index in [0.29, 0.717) is 6.61 Å². The number of para-hydroxylation sites is 1. The minimum atomic E-state index is 0.594. The van der Waals surface area contributed by atoms with Crippen LogP contribution >= 0.6 is 0 Å². The minimum absolute atomic E-state index is 0.594. The van der Waals surface area contributed by atoms with Crippen molar-refractivity contribution in [2.45, 2.75) is 33.6 Å². The fourth-order valence-electron chi connectivity index (χ4n) is 2.16. The van der Waals surface area contributed by atoms with E-state index in [1.54, 1.807) is 6.20 Å². The van der Waals surface area contributed by atoms with Gasteiger partial charge in [0.05, 0.1) is 0 Å². The highest BCUT2D eigenvalue weighted by molar-refractivity contribution is 5.84. The molecule has 2 heteroatoms. The highest BCUT2D eigenvalue weighted by Crippen LogP contribution is 2.22. The Kier molecular flexibility index (Phi) is 5.56. The molecule has 1 heterocycles. The highest BCUT2D eigenvalue weighted by atomic mass is 16.5. The van der Waals surface area contributed by atoms with Crippen LogP contribution in [0.2, 0.25) is 0 Å². The van der Waals surface area contributed by atoms with Gasteiger partial charge in [0, 0.05) is 11.6 Å². The second-order valence-corrected chi connectivity index (χ2v) is 5.51. The molecule has 0 spiro atoms. The molecule has 0 amide bonds. The van der Waals surface area contributed by atoms with E-state index < -0.39 is 0 Å². The molecule has 0 fully saturated rings. The van der Waals surface area contributed by atoms with Crippen molar-refractivity contribution in [3.05, 3.63) is 59.8 Å². The van der Waals surface area contributed by atoms with Gasteiger partial charge in [-0.1, -0.05) is 35.4 Å². The van der Waals surface area contributed by atoms with Gasteiger partial charge in [0.15, 0.2) is 0 Å². The van der Waals surface area contributed by atoms with Crippen LogP contribution < -0.4 is 4.74 Å². The van der Waals surface area contributed by atoms with E-state index in [1.165, 1.54) is 11.1 Å². The van der Waals surface area contributed by atoms with Crippen LogP contribution in [-0.4, -0.2) is 11.6 Å². The Morgan fingerprint density at radius 1 is 1.10 bits per heavy atom. The van der Waals surface area contributed by atoms with Crippen molar-refractivity contribution in [3.8, 4) is 5.75 Å². The Labute approximate surface area is 127 Å². The van der Waals surface area contributed by atoms with E-state index in [1.807, 2.05) is 18.2 Å². The van der Waals surface area contributed by atoms with Gasteiger partial charge in [-0.15, -0.1) is 0 Å². The number of ether oxygens (including phenoxy) is 1. The topological polar surface area (TPSA) is 22.1 Å². The van der Waals surface area contributed by atoms with Gasteiger partial charge in [-0.3, -0.25) is 4.98 Å². The van der Waals surface area contributed by atoms with Crippen LogP contribution in [0.5, 0.6) is 5.75 Å². The van der Waals surface area contributed by atoms with E-state index in [2.05, 4.69) is 50.0 Å². The van der Waals surface area contributed by atoms with Gasteiger partial charge in [0.25, 0.3) is 0 Å². The largest absolute Gasteiger partial charge is 0.487 e. The van der Waals surface area contributed by atoms with Crippen LogP contribution in [0.15, 0.2) is 59.8 Å². The first-order chi connectivity index (χ1) is 10.2. The molecule has 0 bridgehead atoms. The summed E-state index contributed by atoms with van der Waals surface area (Å²) in [6.45, 7) is 7.02. The number of rotatable bonds is 6. The maximum atomic E-state index is 5.86. The smallest absolute Gasteiger partial charge is 0.145 e. The Hall–Kier alpha value is -2.09.